The average molecular weight is 354 g/mol. The van der Waals surface area contributed by atoms with Crippen LogP contribution >= 0.6 is 11.3 Å². The molecule has 0 radical (unpaired) electrons. The highest BCUT2D eigenvalue weighted by molar-refractivity contribution is 7.17. The lowest BCUT2D eigenvalue weighted by atomic mass is 10.1. The van der Waals surface area contributed by atoms with E-state index in [2.05, 4.69) is 22.1 Å². The molecule has 0 fully saturated rings. The molecule has 0 atom stereocenters. The minimum Gasteiger partial charge on any atom is -0.445 e. The zero-order chi connectivity index (χ0) is 17.2. The first-order chi connectivity index (χ1) is 12.2. The van der Waals surface area contributed by atoms with Crippen molar-refractivity contribution in [2.45, 2.75) is 25.8 Å². The summed E-state index contributed by atoms with van der Waals surface area (Å²) in [5.74, 6) is 1.59. The highest BCUT2D eigenvalue weighted by Crippen LogP contribution is 2.24. The molecule has 1 aromatic carbocycles. The summed E-state index contributed by atoms with van der Waals surface area (Å²) in [4.78, 5) is 23.4. The number of rotatable bonds is 4. The van der Waals surface area contributed by atoms with Crippen LogP contribution in [-0.4, -0.2) is 27.3 Å². The van der Waals surface area contributed by atoms with Gasteiger partial charge in [-0.15, -0.1) is 0 Å². The van der Waals surface area contributed by atoms with Crippen molar-refractivity contribution in [3.8, 4) is 0 Å². The van der Waals surface area contributed by atoms with Gasteiger partial charge >= 0.3 is 0 Å². The number of oxazole rings is 1. The van der Waals surface area contributed by atoms with E-state index in [1.54, 1.807) is 4.90 Å². The zero-order valence-corrected chi connectivity index (χ0v) is 14.5. The second kappa shape index (κ2) is 6.68. The van der Waals surface area contributed by atoms with Crippen LogP contribution in [0.5, 0.6) is 0 Å². The number of nitrogen functional groups attached to an aromatic ring is 1. The predicted molar refractivity (Wildman–Crippen MR) is 95.3 cm³/mol. The molecular weight excluding hydrogens is 336 g/mol. The van der Waals surface area contributed by atoms with Gasteiger partial charge in [0.25, 0.3) is 5.91 Å². The summed E-state index contributed by atoms with van der Waals surface area (Å²) in [7, 11) is 0. The monoisotopic (exact) mass is 354 g/mol. The van der Waals surface area contributed by atoms with Crippen molar-refractivity contribution >= 4 is 22.4 Å². The summed E-state index contributed by atoms with van der Waals surface area (Å²) in [6.07, 6.45) is 3.87. The van der Waals surface area contributed by atoms with Crippen molar-refractivity contribution in [3.63, 3.8) is 0 Å². The molecule has 128 valence electrons. The van der Waals surface area contributed by atoms with E-state index < -0.39 is 0 Å². The molecule has 7 heteroatoms. The van der Waals surface area contributed by atoms with E-state index in [4.69, 9.17) is 10.2 Å². The van der Waals surface area contributed by atoms with Gasteiger partial charge in [-0.05, 0) is 12.0 Å². The SMILES string of the molecule is Nc1ncc(C(=O)N2CCc3oc(CCc4ccccc4)nc3C2)s1. The molecule has 3 aromatic rings. The Morgan fingerprint density at radius 1 is 1.28 bits per heavy atom. The Balaban J connectivity index is 1.43. The number of thiazole rings is 1. The van der Waals surface area contributed by atoms with Gasteiger partial charge in [0.15, 0.2) is 11.0 Å². The van der Waals surface area contributed by atoms with E-state index >= 15 is 0 Å². The topological polar surface area (TPSA) is 85.2 Å². The van der Waals surface area contributed by atoms with Crippen LogP contribution in [-0.2, 0) is 25.8 Å². The van der Waals surface area contributed by atoms with Gasteiger partial charge in [-0.3, -0.25) is 4.79 Å². The van der Waals surface area contributed by atoms with Crippen molar-refractivity contribution in [1.29, 1.82) is 0 Å². The fourth-order valence-electron chi connectivity index (χ4n) is 2.97. The summed E-state index contributed by atoms with van der Waals surface area (Å²) in [5.41, 5.74) is 7.74. The molecule has 0 unspecified atom stereocenters. The van der Waals surface area contributed by atoms with Crippen LogP contribution in [0.3, 0.4) is 0 Å². The van der Waals surface area contributed by atoms with Gasteiger partial charge < -0.3 is 15.1 Å². The quantitative estimate of drug-likeness (QED) is 0.778. The van der Waals surface area contributed by atoms with Gasteiger partial charge in [-0.25, -0.2) is 9.97 Å². The van der Waals surface area contributed by atoms with Crippen molar-refractivity contribution in [2.75, 3.05) is 12.3 Å². The molecule has 1 amide bonds. The van der Waals surface area contributed by atoms with E-state index in [1.165, 1.54) is 23.1 Å². The Bertz CT molecular complexity index is 888. The Kier molecular flexibility index (Phi) is 4.23. The Morgan fingerprint density at radius 2 is 2.12 bits per heavy atom. The normalized spacial score (nSPS) is 13.7. The second-order valence-electron chi connectivity index (χ2n) is 6.00. The highest BCUT2D eigenvalue weighted by atomic mass is 32.1. The number of aromatic nitrogens is 2. The van der Waals surface area contributed by atoms with Gasteiger partial charge in [0.05, 0.1) is 12.7 Å². The molecule has 4 rings (SSSR count). The number of benzene rings is 1. The lowest BCUT2D eigenvalue weighted by Gasteiger charge is -2.24. The number of hydrogen-bond donors (Lipinski definition) is 1. The van der Waals surface area contributed by atoms with E-state index in [9.17, 15) is 4.79 Å². The number of aryl methyl sites for hydroxylation is 2. The number of anilines is 1. The van der Waals surface area contributed by atoms with Crippen LogP contribution in [0.15, 0.2) is 40.9 Å². The molecule has 1 aliphatic heterocycles. The van der Waals surface area contributed by atoms with Crippen molar-refractivity contribution in [1.82, 2.24) is 14.9 Å². The number of carbonyl (C=O) groups is 1. The number of carbonyl (C=O) groups excluding carboxylic acids is 1. The number of nitrogens with two attached hydrogens (primary N) is 1. The van der Waals surface area contributed by atoms with Crippen molar-refractivity contribution in [3.05, 3.63) is 64.3 Å². The third-order valence-corrected chi connectivity index (χ3v) is 5.08. The maximum Gasteiger partial charge on any atom is 0.266 e. The van der Waals surface area contributed by atoms with Crippen LogP contribution in [0.4, 0.5) is 5.13 Å². The fraction of sp³-hybridized carbons (Fsp3) is 0.278. The minimum atomic E-state index is -0.0475. The number of fused-ring (bicyclic) bond motifs is 1. The number of hydrogen-bond acceptors (Lipinski definition) is 6. The standard InChI is InChI=1S/C18H18N4O2S/c19-18-20-10-15(25-18)17(23)22-9-8-14-13(11-22)21-16(24-14)7-6-12-4-2-1-3-5-12/h1-5,10H,6-9,11H2,(H2,19,20). The van der Waals surface area contributed by atoms with Crippen LogP contribution in [0, 0.1) is 0 Å². The molecule has 0 saturated heterocycles. The molecule has 1 aliphatic rings. The summed E-state index contributed by atoms with van der Waals surface area (Å²) in [6, 6.07) is 10.3. The molecule has 0 spiro atoms. The van der Waals surface area contributed by atoms with Crippen molar-refractivity contribution in [2.24, 2.45) is 0 Å². The lowest BCUT2D eigenvalue weighted by Crippen LogP contribution is -2.35. The summed E-state index contributed by atoms with van der Waals surface area (Å²) < 4.78 is 5.89. The largest absolute Gasteiger partial charge is 0.445 e. The maximum atomic E-state index is 12.5. The maximum absolute atomic E-state index is 12.5. The number of amides is 1. The Labute approximate surface area is 149 Å². The first-order valence-corrected chi connectivity index (χ1v) is 9.02. The van der Waals surface area contributed by atoms with E-state index in [-0.39, 0.29) is 5.91 Å². The summed E-state index contributed by atoms with van der Waals surface area (Å²) in [5, 5.41) is 0.408. The minimum absolute atomic E-state index is 0.0475. The van der Waals surface area contributed by atoms with E-state index in [1.807, 2.05) is 18.2 Å². The molecular formula is C18H18N4O2S. The van der Waals surface area contributed by atoms with Gasteiger partial charge in [0.1, 0.15) is 16.3 Å². The molecule has 0 saturated carbocycles. The lowest BCUT2D eigenvalue weighted by molar-refractivity contribution is 0.0732. The fourth-order valence-corrected chi connectivity index (χ4v) is 3.62. The van der Waals surface area contributed by atoms with Crippen molar-refractivity contribution < 1.29 is 9.21 Å². The first kappa shape index (κ1) is 15.8. The highest BCUT2D eigenvalue weighted by Gasteiger charge is 2.27. The molecule has 2 N–H and O–H groups in total. The molecule has 2 aromatic heterocycles. The van der Waals surface area contributed by atoms with Gasteiger partial charge in [0.2, 0.25) is 0 Å². The van der Waals surface area contributed by atoms with Gasteiger partial charge in [-0.1, -0.05) is 41.7 Å². The third-order valence-electron chi connectivity index (χ3n) is 4.26. The molecule has 0 bridgehead atoms. The average Bonchev–Trinajstić information content (AvgIpc) is 3.25. The van der Waals surface area contributed by atoms with Crippen LogP contribution in [0.25, 0.3) is 0 Å². The molecule has 3 heterocycles. The molecule has 0 aliphatic carbocycles. The second-order valence-corrected chi connectivity index (χ2v) is 7.06. The molecule has 25 heavy (non-hydrogen) atoms. The van der Waals surface area contributed by atoms with Crippen LogP contribution in [0.2, 0.25) is 0 Å². The zero-order valence-electron chi connectivity index (χ0n) is 13.6. The van der Waals surface area contributed by atoms with E-state index in [0.29, 0.717) is 29.5 Å². The number of nitrogens with zero attached hydrogens (tertiary/aromatic N) is 3. The van der Waals surface area contributed by atoms with Crippen LogP contribution < -0.4 is 5.73 Å². The predicted octanol–water partition coefficient (Wildman–Crippen LogP) is 2.70. The molecule has 6 nitrogen and oxygen atoms in total. The van der Waals surface area contributed by atoms with Gasteiger partial charge in [0, 0.05) is 19.4 Å². The van der Waals surface area contributed by atoms with E-state index in [0.717, 1.165) is 30.2 Å². The van der Waals surface area contributed by atoms with Gasteiger partial charge in [-0.2, -0.15) is 0 Å². The smallest absolute Gasteiger partial charge is 0.266 e. The van der Waals surface area contributed by atoms with Crippen LogP contribution in [0.1, 0.15) is 32.6 Å². The summed E-state index contributed by atoms with van der Waals surface area (Å²) in [6.45, 7) is 1.10. The Hall–Kier alpha value is -2.67. The Morgan fingerprint density at radius 3 is 2.88 bits per heavy atom. The third kappa shape index (κ3) is 3.41. The summed E-state index contributed by atoms with van der Waals surface area (Å²) >= 11 is 1.21. The first-order valence-electron chi connectivity index (χ1n) is 8.21.